The Labute approximate surface area is 111 Å². The zero-order valence-electron chi connectivity index (χ0n) is 12.1. The topological polar surface area (TPSA) is 18.5 Å². The molecule has 0 amide bonds. The first-order valence-corrected chi connectivity index (χ1v) is 6.28. The second-order valence-corrected chi connectivity index (χ2v) is 5.45. The van der Waals surface area contributed by atoms with Gasteiger partial charge in [-0.25, -0.2) is 0 Å². The van der Waals surface area contributed by atoms with E-state index in [0.717, 1.165) is 24.3 Å². The number of benzene rings is 1. The molecule has 0 aliphatic carbocycles. The average Bonchev–Trinajstić information content (AvgIpc) is 2.29. The summed E-state index contributed by atoms with van der Waals surface area (Å²) >= 11 is 0. The highest BCUT2D eigenvalue weighted by molar-refractivity contribution is 5.58. The average molecular weight is 248 g/mol. The summed E-state index contributed by atoms with van der Waals surface area (Å²) < 4.78 is 10.6. The minimum absolute atomic E-state index is 0.169. The Bertz CT molecular complexity index is 406. The third-order valence-electron chi connectivity index (χ3n) is 2.89. The fraction of sp³-hybridized carbons (Fsp3) is 0.500. The van der Waals surface area contributed by atoms with E-state index in [2.05, 4.69) is 45.1 Å². The zero-order valence-corrected chi connectivity index (χ0v) is 12.1. The lowest BCUT2D eigenvalue weighted by atomic mass is 9.90. The van der Waals surface area contributed by atoms with Crippen LogP contribution in [0.1, 0.15) is 31.4 Å². The first kappa shape index (κ1) is 14.8. The fourth-order valence-electron chi connectivity index (χ4n) is 1.94. The predicted octanol–water partition coefficient (Wildman–Crippen LogP) is 4.08. The molecule has 0 aliphatic heterocycles. The van der Waals surface area contributed by atoms with Crippen molar-refractivity contribution < 1.29 is 9.47 Å². The summed E-state index contributed by atoms with van der Waals surface area (Å²) in [6, 6.07) is 6.21. The number of methoxy groups -OCH3 is 2. The second-order valence-electron chi connectivity index (χ2n) is 5.45. The molecule has 0 radical (unpaired) electrons. The summed E-state index contributed by atoms with van der Waals surface area (Å²) in [7, 11) is 3.45. The van der Waals surface area contributed by atoms with Crippen molar-refractivity contribution >= 4 is 6.08 Å². The molecule has 1 aromatic carbocycles. The van der Waals surface area contributed by atoms with Gasteiger partial charge in [-0.3, -0.25) is 0 Å². The van der Waals surface area contributed by atoms with Crippen LogP contribution >= 0.6 is 0 Å². The molecule has 0 aliphatic rings. The highest BCUT2D eigenvalue weighted by atomic mass is 16.5. The Morgan fingerprint density at radius 1 is 1.22 bits per heavy atom. The molecule has 0 unspecified atom stereocenters. The van der Waals surface area contributed by atoms with Gasteiger partial charge in [0.2, 0.25) is 0 Å². The molecule has 2 heteroatoms. The van der Waals surface area contributed by atoms with Crippen molar-refractivity contribution in [3.63, 3.8) is 0 Å². The van der Waals surface area contributed by atoms with Crippen LogP contribution in [-0.4, -0.2) is 20.8 Å². The van der Waals surface area contributed by atoms with Crippen molar-refractivity contribution in [1.29, 1.82) is 0 Å². The van der Waals surface area contributed by atoms with Crippen LogP contribution in [0.25, 0.3) is 6.08 Å². The summed E-state index contributed by atoms with van der Waals surface area (Å²) in [5, 5.41) is 0. The number of ether oxygens (including phenoxy) is 2. The van der Waals surface area contributed by atoms with Gasteiger partial charge in [0.25, 0.3) is 0 Å². The summed E-state index contributed by atoms with van der Waals surface area (Å²) in [5.74, 6) is 0.918. The summed E-state index contributed by atoms with van der Waals surface area (Å²) in [4.78, 5) is 0. The van der Waals surface area contributed by atoms with Gasteiger partial charge in [-0.05, 0) is 30.9 Å². The van der Waals surface area contributed by atoms with E-state index in [4.69, 9.17) is 9.47 Å². The Morgan fingerprint density at radius 2 is 1.94 bits per heavy atom. The zero-order chi connectivity index (χ0) is 13.6. The molecule has 0 heterocycles. The van der Waals surface area contributed by atoms with Crippen LogP contribution in [0.2, 0.25) is 0 Å². The Morgan fingerprint density at radius 3 is 2.56 bits per heavy atom. The van der Waals surface area contributed by atoms with E-state index < -0.39 is 0 Å². The first-order chi connectivity index (χ1) is 8.48. The van der Waals surface area contributed by atoms with E-state index in [0.29, 0.717) is 0 Å². The molecule has 100 valence electrons. The van der Waals surface area contributed by atoms with Gasteiger partial charge in [-0.2, -0.15) is 0 Å². The lowest BCUT2D eigenvalue weighted by Crippen LogP contribution is -2.16. The van der Waals surface area contributed by atoms with E-state index >= 15 is 0 Å². The normalized spacial score (nSPS) is 12.1. The smallest absolute Gasteiger partial charge is 0.126 e. The Balaban J connectivity index is 2.75. The monoisotopic (exact) mass is 248 g/mol. The van der Waals surface area contributed by atoms with Gasteiger partial charge in [0.15, 0.2) is 0 Å². The highest BCUT2D eigenvalue weighted by Gasteiger charge is 2.15. The van der Waals surface area contributed by atoms with Gasteiger partial charge in [0.05, 0.1) is 13.7 Å². The lowest BCUT2D eigenvalue weighted by Gasteiger charge is -2.21. The molecule has 0 atom stereocenters. The molecule has 18 heavy (non-hydrogen) atoms. The van der Waals surface area contributed by atoms with Crippen molar-refractivity contribution in [3.05, 3.63) is 35.4 Å². The molecule has 0 N–H and O–H groups in total. The molecular formula is C16H24O2. The fourth-order valence-corrected chi connectivity index (χ4v) is 1.94. The predicted molar refractivity (Wildman–Crippen MR) is 77.0 cm³/mol. The molecule has 0 saturated heterocycles. The van der Waals surface area contributed by atoms with Crippen LogP contribution in [0.5, 0.6) is 5.75 Å². The SMILES string of the molecule is COCC(C)(C)C/C=C/c1cc(C)ccc1OC. The van der Waals surface area contributed by atoms with E-state index in [9.17, 15) is 0 Å². The Kier molecular flexibility index (Phi) is 5.42. The first-order valence-electron chi connectivity index (χ1n) is 6.28. The third-order valence-corrected chi connectivity index (χ3v) is 2.89. The minimum Gasteiger partial charge on any atom is -0.496 e. The maximum absolute atomic E-state index is 5.35. The second kappa shape index (κ2) is 6.60. The van der Waals surface area contributed by atoms with Gasteiger partial charge in [0.1, 0.15) is 5.75 Å². The van der Waals surface area contributed by atoms with Gasteiger partial charge < -0.3 is 9.47 Å². The third kappa shape index (κ3) is 4.53. The molecule has 0 saturated carbocycles. The van der Waals surface area contributed by atoms with Gasteiger partial charge >= 0.3 is 0 Å². The quantitative estimate of drug-likeness (QED) is 0.755. The maximum Gasteiger partial charge on any atom is 0.126 e. The van der Waals surface area contributed by atoms with E-state index in [1.807, 2.05) is 6.07 Å². The van der Waals surface area contributed by atoms with Crippen LogP contribution in [0.15, 0.2) is 24.3 Å². The summed E-state index contributed by atoms with van der Waals surface area (Å²) in [5.41, 5.74) is 2.54. The van der Waals surface area contributed by atoms with Crippen molar-refractivity contribution in [3.8, 4) is 5.75 Å². The number of allylic oxidation sites excluding steroid dienone is 1. The number of aryl methyl sites for hydroxylation is 1. The van der Waals surface area contributed by atoms with Crippen LogP contribution in [0, 0.1) is 12.3 Å². The number of rotatable bonds is 6. The molecule has 0 spiro atoms. The van der Waals surface area contributed by atoms with Crippen molar-refractivity contribution in [2.75, 3.05) is 20.8 Å². The largest absolute Gasteiger partial charge is 0.496 e. The Hall–Kier alpha value is -1.28. The van der Waals surface area contributed by atoms with Crippen molar-refractivity contribution in [2.24, 2.45) is 5.41 Å². The van der Waals surface area contributed by atoms with Crippen molar-refractivity contribution in [2.45, 2.75) is 27.2 Å². The van der Waals surface area contributed by atoms with Crippen LogP contribution in [-0.2, 0) is 4.74 Å². The molecule has 0 bridgehead atoms. The van der Waals surface area contributed by atoms with E-state index in [1.54, 1.807) is 14.2 Å². The van der Waals surface area contributed by atoms with Crippen LogP contribution < -0.4 is 4.74 Å². The van der Waals surface area contributed by atoms with Gasteiger partial charge in [-0.1, -0.05) is 37.6 Å². The number of hydrogen-bond donors (Lipinski definition) is 0. The van der Waals surface area contributed by atoms with Crippen molar-refractivity contribution in [1.82, 2.24) is 0 Å². The minimum atomic E-state index is 0.169. The molecule has 1 rings (SSSR count). The maximum atomic E-state index is 5.35. The molecule has 2 nitrogen and oxygen atoms in total. The van der Waals surface area contributed by atoms with E-state index in [1.165, 1.54) is 5.56 Å². The van der Waals surface area contributed by atoms with Gasteiger partial charge in [0, 0.05) is 12.7 Å². The van der Waals surface area contributed by atoms with Crippen LogP contribution in [0.4, 0.5) is 0 Å². The van der Waals surface area contributed by atoms with Gasteiger partial charge in [-0.15, -0.1) is 0 Å². The molecule has 1 aromatic rings. The lowest BCUT2D eigenvalue weighted by molar-refractivity contribution is 0.106. The molecule has 0 fully saturated rings. The summed E-state index contributed by atoms with van der Waals surface area (Å²) in [6.07, 6.45) is 5.30. The molecular weight excluding hydrogens is 224 g/mol. The standard InChI is InChI=1S/C16H24O2/c1-13-8-9-15(18-5)14(11-13)7-6-10-16(2,3)12-17-4/h6-9,11H,10,12H2,1-5H3/b7-6+. The molecule has 0 aromatic heterocycles. The highest BCUT2D eigenvalue weighted by Crippen LogP contribution is 2.24. The van der Waals surface area contributed by atoms with E-state index in [-0.39, 0.29) is 5.41 Å². The number of hydrogen-bond acceptors (Lipinski definition) is 2. The van der Waals surface area contributed by atoms with Crippen LogP contribution in [0.3, 0.4) is 0 Å². The summed E-state index contributed by atoms with van der Waals surface area (Å²) in [6.45, 7) is 7.26.